The van der Waals surface area contributed by atoms with Crippen molar-refractivity contribution in [3.05, 3.63) is 22.2 Å². The standard InChI is InChI=1S/C9H8BrFN2O/c1-4-12-7-5(10)3-6(11)9(14-2)8(7)13-4/h3H,1-2H3,(H,12,13). The predicted molar refractivity (Wildman–Crippen MR) is 55.0 cm³/mol. The molecule has 1 aromatic carbocycles. The Kier molecular flexibility index (Phi) is 2.19. The summed E-state index contributed by atoms with van der Waals surface area (Å²) in [6.07, 6.45) is 0. The zero-order valence-electron chi connectivity index (χ0n) is 7.69. The molecule has 0 aliphatic carbocycles. The first kappa shape index (κ1) is 9.45. The topological polar surface area (TPSA) is 37.9 Å². The fourth-order valence-corrected chi connectivity index (χ4v) is 1.88. The maximum atomic E-state index is 13.4. The smallest absolute Gasteiger partial charge is 0.180 e. The molecule has 5 heteroatoms. The maximum absolute atomic E-state index is 13.4. The van der Waals surface area contributed by atoms with Gasteiger partial charge < -0.3 is 9.72 Å². The SMILES string of the molecule is COc1c(F)cc(Br)c2nc(C)[nH]c12. The second-order valence-corrected chi connectivity index (χ2v) is 3.77. The lowest BCUT2D eigenvalue weighted by Crippen LogP contribution is -1.90. The van der Waals surface area contributed by atoms with Gasteiger partial charge in [-0.05, 0) is 28.9 Å². The quantitative estimate of drug-likeness (QED) is 0.855. The van der Waals surface area contributed by atoms with E-state index in [4.69, 9.17) is 4.74 Å². The third-order valence-corrected chi connectivity index (χ3v) is 2.55. The number of H-pyrrole nitrogens is 1. The van der Waals surface area contributed by atoms with Crippen molar-refractivity contribution in [2.24, 2.45) is 0 Å². The van der Waals surface area contributed by atoms with Gasteiger partial charge >= 0.3 is 0 Å². The second-order valence-electron chi connectivity index (χ2n) is 2.92. The summed E-state index contributed by atoms with van der Waals surface area (Å²) < 4.78 is 19.0. The number of fused-ring (bicyclic) bond motifs is 1. The number of hydrogen-bond acceptors (Lipinski definition) is 2. The highest BCUT2D eigenvalue weighted by Gasteiger charge is 2.14. The minimum absolute atomic E-state index is 0.198. The number of aryl methyl sites for hydroxylation is 1. The first-order valence-electron chi connectivity index (χ1n) is 4.01. The van der Waals surface area contributed by atoms with Gasteiger partial charge in [0.1, 0.15) is 16.9 Å². The molecule has 1 N–H and O–H groups in total. The molecule has 3 nitrogen and oxygen atoms in total. The van der Waals surface area contributed by atoms with Gasteiger partial charge in [0.2, 0.25) is 0 Å². The first-order valence-corrected chi connectivity index (χ1v) is 4.81. The number of imidazole rings is 1. The molecule has 0 atom stereocenters. The molecule has 0 spiro atoms. The molecule has 0 fully saturated rings. The summed E-state index contributed by atoms with van der Waals surface area (Å²) in [5.41, 5.74) is 1.26. The lowest BCUT2D eigenvalue weighted by Gasteiger charge is -2.03. The van der Waals surface area contributed by atoms with Crippen LogP contribution in [0.2, 0.25) is 0 Å². The first-order chi connectivity index (χ1) is 6.63. The van der Waals surface area contributed by atoms with Crippen LogP contribution < -0.4 is 4.74 Å². The number of hydrogen-bond donors (Lipinski definition) is 1. The Morgan fingerprint density at radius 3 is 2.93 bits per heavy atom. The molecule has 2 aromatic rings. The minimum atomic E-state index is -0.407. The summed E-state index contributed by atoms with van der Waals surface area (Å²) >= 11 is 3.25. The van der Waals surface area contributed by atoms with Crippen LogP contribution in [0, 0.1) is 12.7 Å². The van der Waals surface area contributed by atoms with E-state index in [2.05, 4.69) is 25.9 Å². The number of methoxy groups -OCH3 is 1. The number of halogens is 2. The van der Waals surface area contributed by atoms with Gasteiger partial charge in [-0.25, -0.2) is 9.37 Å². The summed E-state index contributed by atoms with van der Waals surface area (Å²) in [6, 6.07) is 1.35. The van der Waals surface area contributed by atoms with E-state index in [0.29, 0.717) is 15.5 Å². The summed E-state index contributed by atoms with van der Waals surface area (Å²) in [5.74, 6) is 0.518. The Bertz CT molecular complexity index is 495. The van der Waals surface area contributed by atoms with Crippen molar-refractivity contribution in [2.75, 3.05) is 7.11 Å². The van der Waals surface area contributed by atoms with Gasteiger partial charge in [0.15, 0.2) is 11.6 Å². The molecule has 14 heavy (non-hydrogen) atoms. The van der Waals surface area contributed by atoms with E-state index in [1.165, 1.54) is 13.2 Å². The molecule has 0 aliphatic heterocycles. The largest absolute Gasteiger partial charge is 0.492 e. The van der Waals surface area contributed by atoms with Crippen LogP contribution in [0.25, 0.3) is 11.0 Å². The lowest BCUT2D eigenvalue weighted by atomic mass is 10.3. The van der Waals surface area contributed by atoms with E-state index < -0.39 is 5.82 Å². The summed E-state index contributed by atoms with van der Waals surface area (Å²) in [7, 11) is 1.43. The van der Waals surface area contributed by atoms with Crippen molar-refractivity contribution < 1.29 is 9.13 Å². The molecule has 0 bridgehead atoms. The number of aromatic amines is 1. The van der Waals surface area contributed by atoms with Crippen molar-refractivity contribution in [1.29, 1.82) is 0 Å². The molecule has 0 radical (unpaired) electrons. The van der Waals surface area contributed by atoms with E-state index >= 15 is 0 Å². The fourth-order valence-electron chi connectivity index (χ4n) is 1.39. The highest BCUT2D eigenvalue weighted by molar-refractivity contribution is 9.10. The Labute approximate surface area is 88.4 Å². The molecule has 0 saturated heterocycles. The molecule has 0 amide bonds. The van der Waals surface area contributed by atoms with Crippen LogP contribution in [0.1, 0.15) is 5.82 Å². The molecule has 0 saturated carbocycles. The van der Waals surface area contributed by atoms with Crippen LogP contribution in [0.15, 0.2) is 10.5 Å². The van der Waals surface area contributed by atoms with Gasteiger partial charge in [-0.3, -0.25) is 0 Å². The molecule has 0 unspecified atom stereocenters. The highest BCUT2D eigenvalue weighted by Crippen LogP contribution is 2.32. The number of rotatable bonds is 1. The Balaban J connectivity index is 2.89. The Morgan fingerprint density at radius 2 is 2.29 bits per heavy atom. The zero-order valence-corrected chi connectivity index (χ0v) is 9.27. The number of benzene rings is 1. The van der Waals surface area contributed by atoms with Crippen LogP contribution in [0.3, 0.4) is 0 Å². The van der Waals surface area contributed by atoms with E-state index in [9.17, 15) is 4.39 Å². The summed E-state index contributed by atoms with van der Waals surface area (Å²) in [6.45, 7) is 1.81. The maximum Gasteiger partial charge on any atom is 0.180 e. The molecule has 0 aliphatic rings. The molecule has 1 heterocycles. The van der Waals surface area contributed by atoms with Crippen molar-refractivity contribution in [3.63, 3.8) is 0 Å². The summed E-state index contributed by atoms with van der Waals surface area (Å²) in [4.78, 5) is 7.17. The average Bonchev–Trinajstić information content (AvgIpc) is 2.48. The van der Waals surface area contributed by atoms with Crippen LogP contribution in [0.4, 0.5) is 4.39 Å². The second kappa shape index (κ2) is 3.24. The number of ether oxygens (including phenoxy) is 1. The fraction of sp³-hybridized carbons (Fsp3) is 0.222. The van der Waals surface area contributed by atoms with Gasteiger partial charge in [0.25, 0.3) is 0 Å². The minimum Gasteiger partial charge on any atom is -0.492 e. The normalized spacial score (nSPS) is 10.9. The van der Waals surface area contributed by atoms with E-state index in [-0.39, 0.29) is 5.75 Å². The van der Waals surface area contributed by atoms with Crippen LogP contribution in [-0.4, -0.2) is 17.1 Å². The Hall–Kier alpha value is -1.10. The average molecular weight is 259 g/mol. The molecule has 2 rings (SSSR count). The molecular formula is C9H8BrFN2O. The Morgan fingerprint density at radius 1 is 1.57 bits per heavy atom. The predicted octanol–water partition coefficient (Wildman–Crippen LogP) is 2.78. The zero-order chi connectivity index (χ0) is 10.3. The molecule has 1 aromatic heterocycles. The van der Waals surface area contributed by atoms with Crippen LogP contribution >= 0.6 is 15.9 Å². The van der Waals surface area contributed by atoms with Crippen LogP contribution in [-0.2, 0) is 0 Å². The highest BCUT2D eigenvalue weighted by atomic mass is 79.9. The van der Waals surface area contributed by atoms with E-state index in [1.54, 1.807) is 0 Å². The van der Waals surface area contributed by atoms with Gasteiger partial charge in [-0.2, -0.15) is 0 Å². The van der Waals surface area contributed by atoms with Gasteiger partial charge in [0.05, 0.1) is 7.11 Å². The van der Waals surface area contributed by atoms with Crippen molar-refractivity contribution in [2.45, 2.75) is 6.92 Å². The third-order valence-electron chi connectivity index (χ3n) is 1.95. The molecule has 74 valence electrons. The van der Waals surface area contributed by atoms with Gasteiger partial charge in [-0.15, -0.1) is 0 Å². The van der Waals surface area contributed by atoms with Gasteiger partial charge in [-0.1, -0.05) is 0 Å². The lowest BCUT2D eigenvalue weighted by molar-refractivity contribution is 0.391. The van der Waals surface area contributed by atoms with Gasteiger partial charge in [0, 0.05) is 4.47 Å². The molecular weight excluding hydrogens is 251 g/mol. The third kappa shape index (κ3) is 1.28. The number of aromatic nitrogens is 2. The van der Waals surface area contributed by atoms with Crippen LogP contribution in [0.5, 0.6) is 5.75 Å². The monoisotopic (exact) mass is 258 g/mol. The van der Waals surface area contributed by atoms with E-state index in [1.807, 2.05) is 6.92 Å². The van der Waals surface area contributed by atoms with Crippen molar-refractivity contribution in [1.82, 2.24) is 9.97 Å². The summed E-state index contributed by atoms with van der Waals surface area (Å²) in [5, 5.41) is 0. The van der Waals surface area contributed by atoms with E-state index in [0.717, 1.165) is 5.82 Å². The number of nitrogens with one attached hydrogen (secondary N) is 1. The van der Waals surface area contributed by atoms with Crippen molar-refractivity contribution in [3.8, 4) is 5.75 Å². The van der Waals surface area contributed by atoms with Crippen molar-refractivity contribution >= 4 is 27.0 Å². The number of nitrogens with zero attached hydrogens (tertiary/aromatic N) is 1.